The number of nitrogens with zero attached hydrogens (tertiary/aromatic N) is 1. The average molecular weight is 994 g/mol. The number of carboxylic acid groups (broad SMARTS) is 1. The van der Waals surface area contributed by atoms with Gasteiger partial charge in [-0.15, -0.1) is 0 Å². The first-order chi connectivity index (χ1) is 34.2. The molecule has 0 radical (unpaired) electrons. The zero-order chi connectivity index (χ0) is 52.6. The van der Waals surface area contributed by atoms with Crippen molar-refractivity contribution in [3.63, 3.8) is 0 Å². The number of nitrogens with two attached hydrogens (primary N) is 4. The predicted molar refractivity (Wildman–Crippen MR) is 267 cm³/mol. The summed E-state index contributed by atoms with van der Waals surface area (Å²) in [6, 6.07) is 10.5. The van der Waals surface area contributed by atoms with E-state index < -0.39 is 96.0 Å². The molecule has 72 heavy (non-hydrogen) atoms. The van der Waals surface area contributed by atoms with Crippen LogP contribution in [-0.4, -0.2) is 122 Å². The topological polar surface area (TPSA) is 397 Å². The standard InChI is InChI=1S/C49H63N13O10/c1-25(2)41(51)47(70)62-38(21-29-24-56-34-12-7-5-10-32(29)34)44(67)58-35(13-8-18-54-49(52)53)42(65)61-39(22-40(50)64)46(69)60-37(20-28-23-55-33-11-6-4-9-31(28)33)45(68)59-36(43(66)57-26(3)48(71)72)19-27-14-16-30(63)17-15-27/h4-7,9-12,14-17,23-26,35-39,41,55-56,63H,8,13,18-22,51H2,1-3H3,(H2,50,64)(H,57,66)(H,58,67)(H,59,68)(H,60,69)(H,61,65)(H,62,70)(H,71,72)(H4,52,53,54)/t26-,35-,36-,37-,38-,39-,41-/m0/s1. The van der Waals surface area contributed by atoms with Gasteiger partial charge in [0.05, 0.1) is 12.5 Å². The molecule has 384 valence electrons. The van der Waals surface area contributed by atoms with Crippen molar-refractivity contribution in [3.05, 3.63) is 102 Å². The van der Waals surface area contributed by atoms with Gasteiger partial charge in [-0.1, -0.05) is 62.4 Å². The van der Waals surface area contributed by atoms with Crippen molar-refractivity contribution in [2.24, 2.45) is 33.8 Å². The first-order valence-electron chi connectivity index (χ1n) is 23.2. The number of carbonyl (C=O) groups is 8. The highest BCUT2D eigenvalue weighted by atomic mass is 16.4. The van der Waals surface area contributed by atoms with Crippen molar-refractivity contribution in [1.29, 1.82) is 0 Å². The Morgan fingerprint density at radius 3 is 1.53 bits per heavy atom. The number of aromatic amines is 2. The molecule has 0 aliphatic carbocycles. The lowest BCUT2D eigenvalue weighted by molar-refractivity contribution is -0.141. The lowest BCUT2D eigenvalue weighted by Crippen LogP contribution is -2.60. The monoisotopic (exact) mass is 993 g/mol. The van der Waals surface area contributed by atoms with Gasteiger partial charge in [0.1, 0.15) is 42.0 Å². The van der Waals surface area contributed by atoms with Crippen molar-refractivity contribution >= 4 is 75.1 Å². The Bertz CT molecular complexity index is 2770. The Hall–Kier alpha value is -8.47. The summed E-state index contributed by atoms with van der Waals surface area (Å²) in [5, 5.41) is 36.3. The largest absolute Gasteiger partial charge is 0.508 e. The van der Waals surface area contributed by atoms with E-state index in [1.165, 1.54) is 31.2 Å². The summed E-state index contributed by atoms with van der Waals surface area (Å²) in [6.45, 7) is 4.74. The molecule has 5 rings (SSSR count). The Kier molecular flexibility index (Phi) is 19.2. The summed E-state index contributed by atoms with van der Waals surface area (Å²) in [5.74, 6) is -8.17. The third kappa shape index (κ3) is 15.5. The molecule has 5 aromatic rings. The molecule has 0 saturated heterocycles. The fourth-order valence-electron chi connectivity index (χ4n) is 7.75. The lowest BCUT2D eigenvalue weighted by Gasteiger charge is -2.27. The maximum Gasteiger partial charge on any atom is 0.325 e. The van der Waals surface area contributed by atoms with E-state index in [0.717, 1.165) is 10.9 Å². The number of phenols is 1. The Balaban J connectivity index is 1.45. The number of fused-ring (bicyclic) bond motifs is 2. The van der Waals surface area contributed by atoms with Crippen molar-refractivity contribution in [2.75, 3.05) is 6.54 Å². The number of aliphatic imine (C=N–C) groups is 1. The second-order valence-corrected chi connectivity index (χ2v) is 17.8. The summed E-state index contributed by atoms with van der Waals surface area (Å²) in [5.41, 5.74) is 26.0. The smallest absolute Gasteiger partial charge is 0.325 e. The Morgan fingerprint density at radius 2 is 1.03 bits per heavy atom. The van der Waals surface area contributed by atoms with E-state index in [0.29, 0.717) is 27.6 Å². The van der Waals surface area contributed by atoms with Gasteiger partial charge in [-0.25, -0.2) is 0 Å². The molecule has 0 fully saturated rings. The molecule has 0 saturated carbocycles. The summed E-state index contributed by atoms with van der Waals surface area (Å²) in [6.07, 6.45) is 2.14. The van der Waals surface area contributed by atoms with Crippen LogP contribution in [0.3, 0.4) is 0 Å². The number of hydrogen-bond acceptors (Lipinski definition) is 11. The van der Waals surface area contributed by atoms with E-state index in [1.807, 2.05) is 24.3 Å². The number of hydrogen-bond donors (Lipinski definition) is 14. The highest BCUT2D eigenvalue weighted by molar-refractivity contribution is 5.99. The van der Waals surface area contributed by atoms with Crippen LogP contribution < -0.4 is 54.8 Å². The van der Waals surface area contributed by atoms with E-state index in [2.05, 4.69) is 46.9 Å². The maximum absolute atomic E-state index is 14.4. The second-order valence-electron chi connectivity index (χ2n) is 17.8. The van der Waals surface area contributed by atoms with Crippen LogP contribution in [0.1, 0.15) is 56.7 Å². The van der Waals surface area contributed by atoms with Gasteiger partial charge >= 0.3 is 5.97 Å². The fraction of sp³-hybridized carbons (Fsp3) is 0.367. The third-order valence-corrected chi connectivity index (χ3v) is 11.8. The molecule has 0 aliphatic rings. The van der Waals surface area contributed by atoms with Gasteiger partial charge in [0, 0.05) is 60.0 Å². The highest BCUT2D eigenvalue weighted by Gasteiger charge is 2.35. The maximum atomic E-state index is 14.4. The van der Waals surface area contributed by atoms with Crippen LogP contribution in [0, 0.1) is 5.92 Å². The minimum absolute atomic E-state index is 0.0253. The van der Waals surface area contributed by atoms with Crippen LogP contribution in [0.2, 0.25) is 0 Å². The molecule has 7 atom stereocenters. The molecule has 0 unspecified atom stereocenters. The van der Waals surface area contributed by atoms with Crippen LogP contribution >= 0.6 is 0 Å². The van der Waals surface area contributed by atoms with Gasteiger partial charge in [-0.05, 0) is 66.6 Å². The number of aromatic hydroxyl groups is 1. The second kappa shape index (κ2) is 25.4. The van der Waals surface area contributed by atoms with Crippen molar-refractivity contribution in [2.45, 2.75) is 102 Å². The van der Waals surface area contributed by atoms with E-state index in [-0.39, 0.29) is 56.3 Å². The number of guanidine groups is 1. The number of primary amides is 1. The fourth-order valence-corrected chi connectivity index (χ4v) is 7.75. The number of nitrogens with one attached hydrogen (secondary N) is 8. The van der Waals surface area contributed by atoms with E-state index in [4.69, 9.17) is 22.9 Å². The van der Waals surface area contributed by atoms with Gasteiger partial charge in [-0.3, -0.25) is 43.3 Å². The summed E-state index contributed by atoms with van der Waals surface area (Å²) >= 11 is 0. The minimum Gasteiger partial charge on any atom is -0.508 e. The van der Waals surface area contributed by atoms with E-state index >= 15 is 0 Å². The zero-order valence-electron chi connectivity index (χ0n) is 40.1. The number of rotatable bonds is 26. The first kappa shape index (κ1) is 54.5. The molecule has 0 spiro atoms. The summed E-state index contributed by atoms with van der Waals surface area (Å²) < 4.78 is 0. The minimum atomic E-state index is -1.75. The number of aliphatic carboxylic acids is 1. The molecule has 0 aliphatic heterocycles. The van der Waals surface area contributed by atoms with Crippen LogP contribution in [0.15, 0.2) is 90.2 Å². The molecule has 23 nitrogen and oxygen atoms in total. The highest BCUT2D eigenvalue weighted by Crippen LogP contribution is 2.21. The number of carboxylic acids is 1. The van der Waals surface area contributed by atoms with Crippen LogP contribution in [0.25, 0.3) is 21.8 Å². The summed E-state index contributed by atoms with van der Waals surface area (Å²) in [7, 11) is 0. The van der Waals surface area contributed by atoms with Crippen LogP contribution in [-0.2, 0) is 57.6 Å². The Morgan fingerprint density at radius 1 is 0.583 bits per heavy atom. The quantitative estimate of drug-likeness (QED) is 0.0186. The molecule has 3 aromatic carbocycles. The van der Waals surface area contributed by atoms with Gasteiger partial charge < -0.3 is 75.0 Å². The normalized spacial score (nSPS) is 14.1. The molecule has 7 amide bonds. The number of para-hydroxylation sites is 2. The third-order valence-electron chi connectivity index (χ3n) is 11.8. The van der Waals surface area contributed by atoms with Crippen LogP contribution in [0.4, 0.5) is 0 Å². The van der Waals surface area contributed by atoms with Gasteiger partial charge in [-0.2, -0.15) is 0 Å². The molecule has 2 aromatic heterocycles. The lowest BCUT2D eigenvalue weighted by atomic mass is 10.0. The number of aromatic nitrogens is 2. The number of benzene rings is 3. The SMILES string of the molecule is CC(C)[C@H](N)C(=O)N[C@@H](Cc1c[nH]c2ccccc12)C(=O)N[C@@H](CCCN=C(N)N)C(=O)N[C@@H](CC(N)=O)C(=O)N[C@@H](Cc1c[nH]c2ccccc12)C(=O)N[C@@H](Cc1ccc(O)cc1)C(=O)N[C@@H](C)C(=O)O. The molecule has 18 N–H and O–H groups in total. The zero-order valence-corrected chi connectivity index (χ0v) is 40.1. The molecule has 2 heterocycles. The molecule has 23 heteroatoms. The van der Waals surface area contributed by atoms with Crippen LogP contribution in [0.5, 0.6) is 5.75 Å². The number of amides is 7. The van der Waals surface area contributed by atoms with E-state index in [9.17, 15) is 48.6 Å². The number of H-pyrrole nitrogens is 2. The number of carbonyl (C=O) groups excluding carboxylic acids is 7. The van der Waals surface area contributed by atoms with Gasteiger partial charge in [0.15, 0.2) is 5.96 Å². The Labute approximate surface area is 414 Å². The van der Waals surface area contributed by atoms with Gasteiger partial charge in [0.25, 0.3) is 0 Å². The predicted octanol–water partition coefficient (Wildman–Crippen LogP) is -0.692. The first-order valence-corrected chi connectivity index (χ1v) is 23.2. The molecular weight excluding hydrogens is 931 g/mol. The average Bonchev–Trinajstić information content (AvgIpc) is 3.95. The summed E-state index contributed by atoms with van der Waals surface area (Å²) in [4.78, 5) is 119. The van der Waals surface area contributed by atoms with Crippen molar-refractivity contribution in [1.82, 2.24) is 41.9 Å². The van der Waals surface area contributed by atoms with Gasteiger partial charge in [0.2, 0.25) is 41.4 Å². The van der Waals surface area contributed by atoms with Crippen molar-refractivity contribution < 1.29 is 48.6 Å². The molecular formula is C49H63N13O10. The van der Waals surface area contributed by atoms with Crippen molar-refractivity contribution in [3.8, 4) is 5.75 Å². The number of phenolic OH excluding ortho intramolecular Hbond substituents is 1. The molecule has 0 bridgehead atoms. The van der Waals surface area contributed by atoms with E-state index in [1.54, 1.807) is 50.5 Å².